The van der Waals surface area contributed by atoms with Gasteiger partial charge < -0.3 is 25.2 Å². The summed E-state index contributed by atoms with van der Waals surface area (Å²) >= 11 is 5.97. The molecule has 0 atom stereocenters. The van der Waals surface area contributed by atoms with Crippen LogP contribution < -0.4 is 20.1 Å². The number of imidazole rings is 1. The van der Waals surface area contributed by atoms with Crippen molar-refractivity contribution in [1.82, 2.24) is 14.9 Å². The minimum atomic E-state index is -4.81. The number of ether oxygens (including phenoxy) is 2. The molecule has 0 aliphatic rings. The predicted octanol–water partition coefficient (Wildman–Crippen LogP) is 4.43. The Hall–Kier alpha value is -3.44. The molecule has 3 aromatic rings. The molecule has 34 heavy (non-hydrogen) atoms. The number of alkyl halides is 3. The van der Waals surface area contributed by atoms with Crippen LogP contribution in [0.2, 0.25) is 5.02 Å². The van der Waals surface area contributed by atoms with Crippen molar-refractivity contribution in [3.05, 3.63) is 64.8 Å². The van der Waals surface area contributed by atoms with Crippen molar-refractivity contribution in [1.29, 1.82) is 0 Å². The average molecular weight is 499 g/mol. The first-order chi connectivity index (χ1) is 16.2. The number of aromatic nitrogens is 2. The van der Waals surface area contributed by atoms with E-state index >= 15 is 0 Å². The maximum Gasteiger partial charge on any atom is 0.573 e. The van der Waals surface area contributed by atoms with E-state index in [1.807, 2.05) is 0 Å². The van der Waals surface area contributed by atoms with Crippen LogP contribution in [0.3, 0.4) is 0 Å². The second-order valence-electron chi connectivity index (χ2n) is 7.01. The molecule has 0 unspecified atom stereocenters. The zero-order valence-electron chi connectivity index (χ0n) is 18.0. The van der Waals surface area contributed by atoms with Crippen LogP contribution in [-0.2, 0) is 6.54 Å². The van der Waals surface area contributed by atoms with E-state index in [1.54, 1.807) is 31.3 Å². The lowest BCUT2D eigenvalue weighted by Crippen LogP contribution is -2.28. The number of aliphatic hydroxyl groups excluding tert-OH is 1. The maximum absolute atomic E-state index is 12.9. The molecule has 2 aromatic carbocycles. The Labute approximate surface area is 198 Å². The summed E-state index contributed by atoms with van der Waals surface area (Å²) in [5, 5.41) is 15.1. The second kappa shape index (κ2) is 11.1. The molecular weight excluding hydrogens is 477 g/mol. The maximum atomic E-state index is 12.9. The first-order valence-electron chi connectivity index (χ1n) is 10.2. The minimum Gasteiger partial charge on any atom is -0.425 e. The molecule has 0 bridgehead atoms. The second-order valence-corrected chi connectivity index (χ2v) is 7.44. The van der Waals surface area contributed by atoms with Crippen LogP contribution in [0.5, 0.6) is 17.5 Å². The molecule has 3 rings (SSSR count). The standard InChI is InChI=1S/C22H22ClF3N4O4/c1-27-19-18(20(32)28-11-2-12-31)30(13-14-3-5-15(23)6-4-14)21(29-19)33-16-7-9-17(10-8-16)34-22(24,25)26/h3-10,27,31H,2,11-13H2,1H3,(H,28,32). The third-order valence-corrected chi connectivity index (χ3v) is 4.78. The normalized spacial score (nSPS) is 11.2. The first-order valence-corrected chi connectivity index (χ1v) is 10.5. The smallest absolute Gasteiger partial charge is 0.425 e. The highest BCUT2D eigenvalue weighted by atomic mass is 35.5. The summed E-state index contributed by atoms with van der Waals surface area (Å²) < 4.78 is 48.5. The Balaban J connectivity index is 1.94. The van der Waals surface area contributed by atoms with Gasteiger partial charge >= 0.3 is 12.4 Å². The van der Waals surface area contributed by atoms with Crippen molar-refractivity contribution in [2.45, 2.75) is 19.3 Å². The van der Waals surface area contributed by atoms with E-state index in [9.17, 15) is 18.0 Å². The molecule has 12 heteroatoms. The Morgan fingerprint density at radius 1 is 1.12 bits per heavy atom. The molecule has 0 saturated heterocycles. The summed E-state index contributed by atoms with van der Waals surface area (Å²) in [4.78, 5) is 17.3. The van der Waals surface area contributed by atoms with Gasteiger partial charge in [-0.05, 0) is 48.4 Å². The van der Waals surface area contributed by atoms with Crippen molar-refractivity contribution in [2.24, 2.45) is 0 Å². The summed E-state index contributed by atoms with van der Waals surface area (Å²) in [5.74, 6) is -0.415. The molecule has 1 amide bonds. The molecule has 0 spiro atoms. The van der Waals surface area contributed by atoms with Crippen LogP contribution in [0.4, 0.5) is 19.0 Å². The SMILES string of the molecule is CNc1nc(Oc2ccc(OC(F)(F)F)cc2)n(Cc2ccc(Cl)cc2)c1C(=O)NCCCO. The van der Waals surface area contributed by atoms with Crippen molar-refractivity contribution >= 4 is 23.3 Å². The topological polar surface area (TPSA) is 97.6 Å². The van der Waals surface area contributed by atoms with Gasteiger partial charge in [0.1, 0.15) is 11.5 Å². The van der Waals surface area contributed by atoms with Crippen LogP contribution in [0.15, 0.2) is 48.5 Å². The molecule has 0 fully saturated rings. The van der Waals surface area contributed by atoms with Gasteiger partial charge in [0, 0.05) is 25.2 Å². The predicted molar refractivity (Wildman–Crippen MR) is 120 cm³/mol. The largest absolute Gasteiger partial charge is 0.573 e. The van der Waals surface area contributed by atoms with Gasteiger partial charge in [0.2, 0.25) is 0 Å². The van der Waals surface area contributed by atoms with Gasteiger partial charge in [0.25, 0.3) is 5.91 Å². The number of aliphatic hydroxyl groups is 1. The molecule has 0 aliphatic carbocycles. The fourth-order valence-corrected chi connectivity index (χ4v) is 3.14. The number of benzene rings is 2. The highest BCUT2D eigenvalue weighted by Crippen LogP contribution is 2.30. The quantitative estimate of drug-likeness (QED) is 0.358. The molecule has 1 heterocycles. The lowest BCUT2D eigenvalue weighted by Gasteiger charge is -2.13. The molecular formula is C22H22ClF3N4O4. The Morgan fingerprint density at radius 2 is 1.76 bits per heavy atom. The fourth-order valence-electron chi connectivity index (χ4n) is 3.01. The zero-order valence-corrected chi connectivity index (χ0v) is 18.8. The number of amides is 1. The Bertz CT molecular complexity index is 1100. The van der Waals surface area contributed by atoms with E-state index in [0.29, 0.717) is 11.4 Å². The monoisotopic (exact) mass is 498 g/mol. The van der Waals surface area contributed by atoms with Gasteiger partial charge in [-0.1, -0.05) is 23.7 Å². The van der Waals surface area contributed by atoms with Gasteiger partial charge in [-0.2, -0.15) is 4.98 Å². The van der Waals surface area contributed by atoms with Crippen LogP contribution in [0, 0.1) is 0 Å². The van der Waals surface area contributed by atoms with E-state index in [4.69, 9.17) is 21.4 Å². The van der Waals surface area contributed by atoms with Gasteiger partial charge in [-0.3, -0.25) is 9.36 Å². The Kier molecular flexibility index (Phi) is 8.24. The van der Waals surface area contributed by atoms with E-state index in [-0.39, 0.29) is 43.0 Å². The van der Waals surface area contributed by atoms with Crippen LogP contribution in [-0.4, -0.2) is 47.1 Å². The molecule has 1 aromatic heterocycles. The average Bonchev–Trinajstić information content (AvgIpc) is 3.12. The van der Waals surface area contributed by atoms with Gasteiger partial charge in [-0.15, -0.1) is 13.2 Å². The number of halogens is 4. The van der Waals surface area contributed by atoms with E-state index in [1.165, 1.54) is 16.7 Å². The number of rotatable bonds is 10. The van der Waals surface area contributed by atoms with Crippen molar-refractivity contribution < 1.29 is 32.5 Å². The van der Waals surface area contributed by atoms with Crippen molar-refractivity contribution in [3.63, 3.8) is 0 Å². The number of hydrogen-bond donors (Lipinski definition) is 3. The summed E-state index contributed by atoms with van der Waals surface area (Å²) in [6.45, 7) is 0.367. The van der Waals surface area contributed by atoms with Gasteiger partial charge in [0.15, 0.2) is 11.5 Å². The summed E-state index contributed by atoms with van der Waals surface area (Å²) in [6, 6.07) is 11.8. The molecule has 0 radical (unpaired) electrons. The molecule has 182 valence electrons. The highest BCUT2D eigenvalue weighted by Gasteiger charge is 2.31. The number of nitrogens with one attached hydrogen (secondary N) is 2. The first kappa shape index (κ1) is 25.2. The van der Waals surface area contributed by atoms with E-state index < -0.39 is 18.0 Å². The number of hydrogen-bond acceptors (Lipinski definition) is 6. The van der Waals surface area contributed by atoms with Gasteiger partial charge in [-0.25, -0.2) is 0 Å². The number of anilines is 1. The Morgan fingerprint density at radius 3 is 2.35 bits per heavy atom. The molecule has 0 saturated carbocycles. The van der Waals surface area contributed by atoms with E-state index in [2.05, 4.69) is 20.4 Å². The molecule has 3 N–H and O–H groups in total. The minimum absolute atomic E-state index is 0.0381. The molecule has 8 nitrogen and oxygen atoms in total. The summed E-state index contributed by atoms with van der Waals surface area (Å²) in [7, 11) is 1.59. The third kappa shape index (κ3) is 6.78. The number of nitrogens with zero attached hydrogens (tertiary/aromatic N) is 2. The summed E-state index contributed by atoms with van der Waals surface area (Å²) in [6.07, 6.45) is -4.43. The van der Waals surface area contributed by atoms with Crippen molar-refractivity contribution in [3.8, 4) is 17.5 Å². The number of carbonyl (C=O) groups excluding carboxylic acids is 1. The summed E-state index contributed by atoms with van der Waals surface area (Å²) in [5.41, 5.74) is 0.982. The van der Waals surface area contributed by atoms with Crippen LogP contribution in [0.25, 0.3) is 0 Å². The lowest BCUT2D eigenvalue weighted by atomic mass is 10.2. The van der Waals surface area contributed by atoms with Gasteiger partial charge in [0.05, 0.1) is 6.54 Å². The molecule has 0 aliphatic heterocycles. The number of carbonyl (C=O) groups is 1. The van der Waals surface area contributed by atoms with Crippen LogP contribution in [0.1, 0.15) is 22.5 Å². The highest BCUT2D eigenvalue weighted by molar-refractivity contribution is 6.30. The lowest BCUT2D eigenvalue weighted by molar-refractivity contribution is -0.274. The third-order valence-electron chi connectivity index (χ3n) is 4.53. The van der Waals surface area contributed by atoms with E-state index in [0.717, 1.165) is 17.7 Å². The fraction of sp³-hybridized carbons (Fsp3) is 0.273. The van der Waals surface area contributed by atoms with Crippen LogP contribution >= 0.6 is 11.6 Å². The zero-order chi connectivity index (χ0) is 24.7. The van der Waals surface area contributed by atoms with Crippen molar-refractivity contribution in [2.75, 3.05) is 25.5 Å².